The van der Waals surface area contributed by atoms with Crippen LogP contribution in [-0.2, 0) is 0 Å². The van der Waals surface area contributed by atoms with Gasteiger partial charge in [-0.3, -0.25) is 0 Å². The molecular weight excluding hydrogens is 355 g/mol. The summed E-state index contributed by atoms with van der Waals surface area (Å²) in [4.78, 5) is 0. The monoisotopic (exact) mass is 378 g/mol. The van der Waals surface area contributed by atoms with Gasteiger partial charge in [0.05, 0.1) is 0 Å². The quantitative estimate of drug-likeness (QED) is 0.443. The van der Waals surface area contributed by atoms with E-state index >= 15 is 0 Å². The maximum absolute atomic E-state index is 2.50. The Hall–Kier alpha value is -0.830. The second-order valence-corrected chi connectivity index (χ2v) is 6.88. The van der Waals surface area contributed by atoms with Gasteiger partial charge in [0.15, 0.2) is 0 Å². The molecule has 2 rings (SSSR count). The van der Waals surface area contributed by atoms with Crippen molar-refractivity contribution in [3.05, 3.63) is 59.2 Å². The Morgan fingerprint density at radius 1 is 0.850 bits per heavy atom. The molecule has 0 saturated heterocycles. The Morgan fingerprint density at radius 3 is 1.85 bits per heavy atom. The van der Waals surface area contributed by atoms with Gasteiger partial charge in [0.25, 0.3) is 0 Å². The lowest BCUT2D eigenvalue weighted by atomic mass is 9.89. The fraction of sp³-hybridized carbons (Fsp3) is 0.368. The topological polar surface area (TPSA) is 0 Å². The number of rotatable bonds is 4. The molecular formula is C19H23I. The summed E-state index contributed by atoms with van der Waals surface area (Å²) in [6.45, 7) is 8.94. The number of hydrogen-bond donors (Lipinski definition) is 0. The first-order valence-electron chi connectivity index (χ1n) is 7.26. The molecule has 0 N–H and O–H groups in total. The highest BCUT2D eigenvalue weighted by atomic mass is 127. The minimum atomic E-state index is 0.656. The van der Waals surface area contributed by atoms with Crippen molar-refractivity contribution in [3.63, 3.8) is 0 Å². The lowest BCUT2D eigenvalue weighted by molar-refractivity contribution is 0.547. The molecule has 0 aliphatic carbocycles. The van der Waals surface area contributed by atoms with E-state index in [-0.39, 0.29) is 0 Å². The molecule has 20 heavy (non-hydrogen) atoms. The Kier molecular flexibility index (Phi) is 5.25. The zero-order valence-electron chi connectivity index (χ0n) is 12.8. The van der Waals surface area contributed by atoms with Crippen molar-refractivity contribution in [1.29, 1.82) is 0 Å². The summed E-state index contributed by atoms with van der Waals surface area (Å²) in [7, 11) is 0. The number of halogens is 1. The predicted octanol–water partition coefficient (Wildman–Crippen LogP) is 6.15. The van der Waals surface area contributed by atoms with Crippen molar-refractivity contribution < 1.29 is 0 Å². The van der Waals surface area contributed by atoms with E-state index in [0.717, 1.165) is 0 Å². The second kappa shape index (κ2) is 6.75. The van der Waals surface area contributed by atoms with Crippen LogP contribution in [0.4, 0.5) is 0 Å². The molecule has 106 valence electrons. The van der Waals surface area contributed by atoms with Gasteiger partial charge in [0.2, 0.25) is 0 Å². The van der Waals surface area contributed by atoms with Gasteiger partial charge in [-0.2, -0.15) is 0 Å². The molecule has 0 nitrogen and oxygen atoms in total. The number of hydrogen-bond acceptors (Lipinski definition) is 0. The first-order valence-corrected chi connectivity index (χ1v) is 8.78. The molecule has 1 unspecified atom stereocenters. The summed E-state index contributed by atoms with van der Waals surface area (Å²) < 4.78 is 1.18. The maximum atomic E-state index is 2.50. The van der Waals surface area contributed by atoms with Crippen LogP contribution in [0.15, 0.2) is 42.5 Å². The number of alkyl halides is 1. The molecule has 1 atom stereocenters. The highest BCUT2D eigenvalue weighted by Crippen LogP contribution is 2.29. The van der Waals surface area contributed by atoms with E-state index in [4.69, 9.17) is 0 Å². The maximum Gasteiger partial charge on any atom is 0.00667 e. The van der Waals surface area contributed by atoms with Crippen molar-refractivity contribution in [3.8, 4) is 11.1 Å². The van der Waals surface area contributed by atoms with E-state index < -0.39 is 0 Å². The second-order valence-electron chi connectivity index (χ2n) is 6.00. The van der Waals surface area contributed by atoms with Gasteiger partial charge in [0, 0.05) is 4.43 Å². The van der Waals surface area contributed by atoms with Gasteiger partial charge in [-0.1, -0.05) is 90.0 Å². The van der Waals surface area contributed by atoms with Crippen LogP contribution in [0.25, 0.3) is 11.1 Å². The van der Waals surface area contributed by atoms with Crippen molar-refractivity contribution in [2.24, 2.45) is 5.92 Å². The van der Waals surface area contributed by atoms with E-state index in [0.29, 0.717) is 11.8 Å². The van der Waals surface area contributed by atoms with Gasteiger partial charge in [0.1, 0.15) is 0 Å². The Morgan fingerprint density at radius 2 is 1.40 bits per heavy atom. The van der Waals surface area contributed by atoms with E-state index in [9.17, 15) is 0 Å². The zero-order chi connectivity index (χ0) is 14.7. The van der Waals surface area contributed by atoms with E-state index in [1.165, 1.54) is 32.2 Å². The summed E-state index contributed by atoms with van der Waals surface area (Å²) in [5, 5.41) is 0. The van der Waals surface area contributed by atoms with Crippen LogP contribution < -0.4 is 0 Å². The average Bonchev–Trinajstić information content (AvgIpc) is 2.38. The molecule has 0 bridgehead atoms. The van der Waals surface area contributed by atoms with Crippen LogP contribution in [0.2, 0.25) is 0 Å². The Bertz CT molecular complexity index is 547. The van der Waals surface area contributed by atoms with Gasteiger partial charge in [-0.05, 0) is 42.4 Å². The number of benzene rings is 2. The molecule has 1 heteroatoms. The summed E-state index contributed by atoms with van der Waals surface area (Å²) in [5.41, 5.74) is 6.76. The highest BCUT2D eigenvalue weighted by molar-refractivity contribution is 14.1. The van der Waals surface area contributed by atoms with Gasteiger partial charge in [-0.25, -0.2) is 0 Å². The summed E-state index contributed by atoms with van der Waals surface area (Å²) in [6, 6.07) is 15.9. The third-order valence-electron chi connectivity index (χ3n) is 3.86. The molecule has 0 fully saturated rings. The zero-order valence-corrected chi connectivity index (χ0v) is 14.9. The molecule has 0 spiro atoms. The Labute approximate surface area is 136 Å². The van der Waals surface area contributed by atoms with Crippen LogP contribution >= 0.6 is 22.6 Å². The molecule has 0 radical (unpaired) electrons. The van der Waals surface area contributed by atoms with Gasteiger partial charge in [-0.15, -0.1) is 0 Å². The fourth-order valence-electron chi connectivity index (χ4n) is 2.72. The summed E-state index contributed by atoms with van der Waals surface area (Å²) in [5.74, 6) is 1.35. The van der Waals surface area contributed by atoms with Gasteiger partial charge >= 0.3 is 0 Å². The predicted molar refractivity (Wildman–Crippen MR) is 97.8 cm³/mol. The van der Waals surface area contributed by atoms with E-state index in [1.54, 1.807) is 0 Å². The van der Waals surface area contributed by atoms with Gasteiger partial charge < -0.3 is 0 Å². The minimum Gasteiger partial charge on any atom is -0.0857 e. The van der Waals surface area contributed by atoms with Crippen LogP contribution in [0, 0.1) is 19.8 Å². The van der Waals surface area contributed by atoms with Crippen LogP contribution in [0.5, 0.6) is 0 Å². The summed E-state index contributed by atoms with van der Waals surface area (Å²) >= 11 is 2.50. The SMILES string of the molecule is Cc1cc(C)cc(-c2ccc(C(CI)C(C)C)cc2)c1. The normalized spacial score (nSPS) is 12.7. The molecule has 2 aromatic carbocycles. The molecule has 0 aromatic heterocycles. The molecule has 0 saturated carbocycles. The fourth-order valence-corrected chi connectivity index (χ4v) is 4.24. The average molecular weight is 378 g/mol. The van der Waals surface area contributed by atoms with Crippen LogP contribution in [-0.4, -0.2) is 4.43 Å². The highest BCUT2D eigenvalue weighted by Gasteiger charge is 2.14. The van der Waals surface area contributed by atoms with Crippen molar-refractivity contribution in [2.75, 3.05) is 4.43 Å². The van der Waals surface area contributed by atoms with Crippen LogP contribution in [0.1, 0.15) is 36.5 Å². The lowest BCUT2D eigenvalue weighted by Crippen LogP contribution is -2.07. The van der Waals surface area contributed by atoms with Crippen molar-refractivity contribution in [1.82, 2.24) is 0 Å². The third-order valence-corrected chi connectivity index (χ3v) is 4.81. The largest absolute Gasteiger partial charge is 0.0857 e. The summed E-state index contributed by atoms with van der Waals surface area (Å²) in [6.07, 6.45) is 0. The van der Waals surface area contributed by atoms with E-state index in [2.05, 4.69) is 92.8 Å². The first-order chi connectivity index (χ1) is 9.51. The van der Waals surface area contributed by atoms with Crippen LogP contribution in [0.3, 0.4) is 0 Å². The molecule has 0 amide bonds. The standard InChI is InChI=1S/C19H23I/c1-13(2)19(12-20)17-7-5-16(6-8-17)18-10-14(3)9-15(4)11-18/h5-11,13,19H,12H2,1-4H3. The molecule has 0 aliphatic rings. The van der Waals surface area contributed by atoms with Crippen molar-refractivity contribution in [2.45, 2.75) is 33.6 Å². The minimum absolute atomic E-state index is 0.656. The first kappa shape index (κ1) is 15.6. The third kappa shape index (κ3) is 3.63. The number of aryl methyl sites for hydroxylation is 2. The lowest BCUT2D eigenvalue weighted by Gasteiger charge is -2.19. The van der Waals surface area contributed by atoms with E-state index in [1.807, 2.05) is 0 Å². The molecule has 0 aliphatic heterocycles. The Balaban J connectivity index is 2.32. The molecule has 2 aromatic rings. The smallest absolute Gasteiger partial charge is 0.00667 e. The molecule has 0 heterocycles. The van der Waals surface area contributed by atoms with Crippen molar-refractivity contribution >= 4 is 22.6 Å².